The molecule has 0 aromatic heterocycles. The Labute approximate surface area is 206 Å². The largest absolute Gasteiger partial charge is 0.464 e. The van der Waals surface area contributed by atoms with Crippen LogP contribution in [-0.2, 0) is 19.1 Å². The highest BCUT2D eigenvalue weighted by atomic mass is 16.5. The van der Waals surface area contributed by atoms with Gasteiger partial charge >= 0.3 is 0 Å². The van der Waals surface area contributed by atoms with Crippen molar-refractivity contribution >= 4 is 18.0 Å². The highest BCUT2D eigenvalue weighted by molar-refractivity contribution is 5.86. The fourth-order valence-electron chi connectivity index (χ4n) is 11.0. The Morgan fingerprint density at radius 3 is 2.18 bits per heavy atom. The third kappa shape index (κ3) is 3.05. The van der Waals surface area contributed by atoms with Crippen LogP contribution in [0.15, 0.2) is 0 Å². The SMILES string of the molecule is CC1(C)C[C@H]2[C@H](CC[C@]3(C)[C@@H]2C(=O)C[C@@H]2[C@@]4(C)CCC(=O)C(C)(C)[C@@H]4CC[C@]23C)[C@H](OC=O)C1. The van der Waals surface area contributed by atoms with E-state index in [1.54, 1.807) is 0 Å². The number of ether oxygens (including phenoxy) is 1. The molecule has 5 aliphatic rings. The Hall–Kier alpha value is -1.19. The summed E-state index contributed by atoms with van der Waals surface area (Å²) in [5, 5.41) is 0. The summed E-state index contributed by atoms with van der Waals surface area (Å²) in [4.78, 5) is 38.5. The van der Waals surface area contributed by atoms with Gasteiger partial charge in [-0.2, -0.15) is 0 Å². The number of hydrogen-bond donors (Lipinski definition) is 0. The molecule has 9 atom stereocenters. The molecule has 0 amide bonds. The Kier molecular flexibility index (Phi) is 5.34. The molecular weight excluding hydrogens is 424 g/mol. The van der Waals surface area contributed by atoms with E-state index in [4.69, 9.17) is 4.74 Å². The summed E-state index contributed by atoms with van der Waals surface area (Å²) in [7, 11) is 0. The van der Waals surface area contributed by atoms with Gasteiger partial charge in [0.25, 0.3) is 6.47 Å². The van der Waals surface area contributed by atoms with Crippen LogP contribution >= 0.6 is 0 Å². The second kappa shape index (κ2) is 7.42. The number of hydrogen-bond acceptors (Lipinski definition) is 4. The van der Waals surface area contributed by atoms with Crippen LogP contribution in [-0.4, -0.2) is 24.1 Å². The summed E-state index contributed by atoms with van der Waals surface area (Å²) >= 11 is 0. The molecule has 5 rings (SSSR count). The molecule has 0 N–H and O–H groups in total. The van der Waals surface area contributed by atoms with E-state index < -0.39 is 0 Å². The average molecular weight is 471 g/mol. The zero-order chi connectivity index (χ0) is 24.9. The van der Waals surface area contributed by atoms with Crippen molar-refractivity contribution in [2.75, 3.05) is 0 Å². The number of carbonyl (C=O) groups excluding carboxylic acids is 3. The van der Waals surface area contributed by atoms with Gasteiger partial charge in [-0.3, -0.25) is 14.4 Å². The molecular formula is C30H46O4. The maximum Gasteiger partial charge on any atom is 0.293 e. The van der Waals surface area contributed by atoms with Crippen molar-refractivity contribution in [1.29, 1.82) is 0 Å². The first-order valence-electron chi connectivity index (χ1n) is 13.9. The molecule has 0 saturated heterocycles. The third-order valence-electron chi connectivity index (χ3n) is 12.8. The first kappa shape index (κ1) is 24.5. The molecule has 5 aliphatic carbocycles. The minimum Gasteiger partial charge on any atom is -0.464 e. The first-order valence-corrected chi connectivity index (χ1v) is 13.9. The molecule has 4 heteroatoms. The Bertz CT molecular complexity index is 903. The van der Waals surface area contributed by atoms with Crippen molar-refractivity contribution in [3.63, 3.8) is 0 Å². The van der Waals surface area contributed by atoms with Gasteiger partial charge in [0.05, 0.1) is 0 Å². The van der Waals surface area contributed by atoms with Crippen LogP contribution in [0.2, 0.25) is 0 Å². The molecule has 0 spiro atoms. The van der Waals surface area contributed by atoms with Crippen molar-refractivity contribution < 1.29 is 19.1 Å². The lowest BCUT2D eigenvalue weighted by molar-refractivity contribution is -0.230. The lowest BCUT2D eigenvalue weighted by Gasteiger charge is -2.71. The van der Waals surface area contributed by atoms with Gasteiger partial charge in [0, 0.05) is 24.2 Å². The van der Waals surface area contributed by atoms with E-state index in [-0.39, 0.29) is 39.1 Å². The van der Waals surface area contributed by atoms with Crippen LogP contribution in [0.25, 0.3) is 0 Å². The fourth-order valence-corrected chi connectivity index (χ4v) is 11.0. The first-order chi connectivity index (χ1) is 15.7. The summed E-state index contributed by atoms with van der Waals surface area (Å²) in [6.07, 6.45) is 8.43. The van der Waals surface area contributed by atoms with Crippen molar-refractivity contribution in [3.05, 3.63) is 0 Å². The Morgan fingerprint density at radius 2 is 1.50 bits per heavy atom. The quantitative estimate of drug-likeness (QED) is 0.438. The summed E-state index contributed by atoms with van der Waals surface area (Å²) < 4.78 is 5.66. The van der Waals surface area contributed by atoms with E-state index in [9.17, 15) is 14.4 Å². The van der Waals surface area contributed by atoms with Crippen molar-refractivity contribution in [2.45, 2.75) is 112 Å². The zero-order valence-corrected chi connectivity index (χ0v) is 22.5. The summed E-state index contributed by atoms with van der Waals surface area (Å²) in [6, 6.07) is 0. The molecule has 0 heterocycles. The van der Waals surface area contributed by atoms with E-state index in [1.807, 2.05) is 0 Å². The topological polar surface area (TPSA) is 60.4 Å². The number of rotatable bonds is 2. The van der Waals surface area contributed by atoms with Crippen LogP contribution in [0.4, 0.5) is 0 Å². The second-order valence-corrected chi connectivity index (χ2v) is 15.0. The van der Waals surface area contributed by atoms with Gasteiger partial charge in [0.15, 0.2) is 0 Å². The predicted octanol–water partition coefficient (Wildman–Crippen LogP) is 6.40. The highest BCUT2D eigenvalue weighted by Crippen LogP contribution is 2.74. The van der Waals surface area contributed by atoms with E-state index in [0.29, 0.717) is 54.6 Å². The summed E-state index contributed by atoms with van der Waals surface area (Å²) in [5.41, 5.74) is -0.115. The zero-order valence-electron chi connectivity index (χ0n) is 22.5. The van der Waals surface area contributed by atoms with E-state index in [0.717, 1.165) is 44.9 Å². The normalized spacial score (nSPS) is 51.4. The number of carbonyl (C=O) groups is 3. The molecule has 0 radical (unpaired) electrons. The fraction of sp³-hybridized carbons (Fsp3) is 0.900. The molecule has 0 bridgehead atoms. The number of Topliss-reactive ketones (excluding diaryl/α,β-unsaturated/α-hetero) is 2. The Balaban J connectivity index is 1.55. The van der Waals surface area contributed by atoms with Gasteiger partial charge in [-0.25, -0.2) is 0 Å². The minimum absolute atomic E-state index is 0.0348. The van der Waals surface area contributed by atoms with Crippen LogP contribution in [0, 0.1) is 56.7 Å². The molecule has 34 heavy (non-hydrogen) atoms. The molecule has 0 aromatic rings. The molecule has 5 saturated carbocycles. The lowest BCUT2D eigenvalue weighted by Crippen LogP contribution is -2.68. The minimum atomic E-state index is -0.292. The number of fused-ring (bicyclic) bond motifs is 7. The predicted molar refractivity (Wildman–Crippen MR) is 132 cm³/mol. The molecule has 0 aromatic carbocycles. The van der Waals surface area contributed by atoms with Crippen LogP contribution < -0.4 is 0 Å². The van der Waals surface area contributed by atoms with E-state index >= 15 is 0 Å². The maximum absolute atomic E-state index is 14.2. The smallest absolute Gasteiger partial charge is 0.293 e. The highest BCUT2D eigenvalue weighted by Gasteiger charge is 2.71. The second-order valence-electron chi connectivity index (χ2n) is 15.0. The van der Waals surface area contributed by atoms with Gasteiger partial charge in [0.2, 0.25) is 0 Å². The lowest BCUT2D eigenvalue weighted by atomic mass is 9.32. The number of ketones is 2. The van der Waals surface area contributed by atoms with Crippen LogP contribution in [0.5, 0.6) is 0 Å². The van der Waals surface area contributed by atoms with Gasteiger partial charge in [-0.1, -0.05) is 48.5 Å². The van der Waals surface area contributed by atoms with Crippen molar-refractivity contribution in [3.8, 4) is 0 Å². The molecule has 190 valence electrons. The van der Waals surface area contributed by atoms with Crippen molar-refractivity contribution in [2.24, 2.45) is 56.7 Å². The third-order valence-corrected chi connectivity index (χ3v) is 12.8. The molecule has 4 nitrogen and oxygen atoms in total. The summed E-state index contributed by atoms with van der Waals surface area (Å²) in [5.74, 6) is 2.24. The van der Waals surface area contributed by atoms with Crippen molar-refractivity contribution in [1.82, 2.24) is 0 Å². The van der Waals surface area contributed by atoms with Crippen LogP contribution in [0.3, 0.4) is 0 Å². The van der Waals surface area contributed by atoms with Gasteiger partial charge in [0.1, 0.15) is 17.7 Å². The molecule has 0 aliphatic heterocycles. The molecule has 5 fully saturated rings. The average Bonchev–Trinajstić information content (AvgIpc) is 2.72. The Morgan fingerprint density at radius 1 is 0.824 bits per heavy atom. The standard InChI is InChI=1S/C30H46O4/c1-26(2)15-19-18(21(16-26)34-17-31)8-12-30(7)25(19)20(32)14-23-28(5)11-10-24(33)27(3,4)22(28)9-13-29(23,30)6/h17-19,21-23,25H,8-16H2,1-7H3/t18-,19-,21+,22-,23+,25-,28-,29+,30+/m0/s1. The van der Waals surface area contributed by atoms with Gasteiger partial charge in [-0.15, -0.1) is 0 Å². The summed E-state index contributed by atoms with van der Waals surface area (Å²) in [6.45, 7) is 16.9. The van der Waals surface area contributed by atoms with E-state index in [2.05, 4.69) is 48.5 Å². The van der Waals surface area contributed by atoms with Crippen LogP contribution in [0.1, 0.15) is 106 Å². The van der Waals surface area contributed by atoms with Gasteiger partial charge in [-0.05, 0) is 90.3 Å². The van der Waals surface area contributed by atoms with E-state index in [1.165, 1.54) is 0 Å². The maximum atomic E-state index is 14.2. The monoisotopic (exact) mass is 470 g/mol. The molecule has 0 unspecified atom stereocenters. The van der Waals surface area contributed by atoms with Gasteiger partial charge < -0.3 is 4.74 Å².